The molecule has 0 bridgehead atoms. The van der Waals surface area contributed by atoms with E-state index in [0.29, 0.717) is 23.9 Å². The Morgan fingerprint density at radius 3 is 1.71 bits per heavy atom. The summed E-state index contributed by atoms with van der Waals surface area (Å²) in [5.41, 5.74) is 0. The lowest BCUT2D eigenvalue weighted by molar-refractivity contribution is -0.870. The fourth-order valence-electron chi connectivity index (χ4n) is 6.52. The van der Waals surface area contributed by atoms with Gasteiger partial charge in [-0.2, -0.15) is 0 Å². The minimum Gasteiger partial charge on any atom is -0.756 e. The highest BCUT2D eigenvalue weighted by Crippen LogP contribution is 2.38. The van der Waals surface area contributed by atoms with E-state index in [2.05, 4.69) is 19.1 Å². The monoisotopic (exact) mass is 938 g/mol. The fourth-order valence-corrected chi connectivity index (χ4v) is 7.25. The molecule has 0 aromatic rings. The number of aliphatic hydroxyl groups is 3. The van der Waals surface area contributed by atoms with Crippen LogP contribution in [0.1, 0.15) is 174 Å². The van der Waals surface area contributed by atoms with Gasteiger partial charge in [-0.15, -0.1) is 0 Å². The smallest absolute Gasteiger partial charge is 0.306 e. The van der Waals surface area contributed by atoms with Crippen molar-refractivity contribution < 1.29 is 57.4 Å². The maximum absolute atomic E-state index is 12.7. The van der Waals surface area contributed by atoms with Crippen LogP contribution in [0.3, 0.4) is 0 Å². The fraction of sp³-hybridized carbons (Fsp3) is 0.731. The third-order valence-corrected chi connectivity index (χ3v) is 11.5. The summed E-state index contributed by atoms with van der Waals surface area (Å²) in [7, 11) is 0.939. The summed E-state index contributed by atoms with van der Waals surface area (Å²) in [6, 6.07) is 0. The molecular formula is C52H92NO11P. The third-order valence-electron chi connectivity index (χ3n) is 10.6. The van der Waals surface area contributed by atoms with E-state index in [4.69, 9.17) is 18.5 Å². The van der Waals surface area contributed by atoms with Gasteiger partial charge in [-0.3, -0.25) is 14.2 Å². The number of nitrogens with zero attached hydrogens (tertiary/aromatic N) is 1. The third kappa shape index (κ3) is 44.9. The number of allylic oxidation sites excluding steroid dienone is 9. The molecule has 0 aliphatic rings. The van der Waals surface area contributed by atoms with E-state index in [1.54, 1.807) is 42.5 Å². The topological polar surface area (TPSA) is 172 Å². The van der Waals surface area contributed by atoms with Crippen LogP contribution in [0.25, 0.3) is 0 Å². The number of phosphoric ester groups is 1. The number of unbranched alkanes of at least 4 members (excludes halogenated alkanes) is 17. The number of likely N-dealkylation sites (N-methyl/N-ethyl adjacent to an activating group) is 1. The van der Waals surface area contributed by atoms with Crippen molar-refractivity contribution in [1.82, 2.24) is 0 Å². The Morgan fingerprint density at radius 2 is 1.14 bits per heavy atom. The molecule has 0 spiro atoms. The van der Waals surface area contributed by atoms with Gasteiger partial charge in [-0.05, 0) is 57.8 Å². The number of hydrogen-bond donors (Lipinski definition) is 3. The van der Waals surface area contributed by atoms with Gasteiger partial charge < -0.3 is 43.2 Å². The molecule has 12 nitrogen and oxygen atoms in total. The van der Waals surface area contributed by atoms with Gasteiger partial charge in [0, 0.05) is 12.8 Å². The summed E-state index contributed by atoms with van der Waals surface area (Å²) in [5, 5.41) is 30.6. The first-order valence-corrected chi connectivity index (χ1v) is 26.4. The molecule has 0 saturated carbocycles. The van der Waals surface area contributed by atoms with E-state index in [1.165, 1.54) is 102 Å². The normalized spacial score (nSPS) is 15.5. The van der Waals surface area contributed by atoms with Crippen LogP contribution in [-0.2, 0) is 32.7 Å². The van der Waals surface area contributed by atoms with Crippen LogP contribution in [0.2, 0.25) is 0 Å². The molecule has 1 unspecified atom stereocenters. The zero-order valence-electron chi connectivity index (χ0n) is 41.2. The van der Waals surface area contributed by atoms with E-state index in [9.17, 15) is 34.4 Å². The molecule has 13 heteroatoms. The van der Waals surface area contributed by atoms with Crippen molar-refractivity contribution in [2.24, 2.45) is 0 Å². The molecule has 0 saturated heterocycles. The van der Waals surface area contributed by atoms with Crippen molar-refractivity contribution in [2.75, 3.05) is 47.5 Å². The largest absolute Gasteiger partial charge is 0.756 e. The summed E-state index contributed by atoms with van der Waals surface area (Å²) >= 11 is 0. The molecule has 0 aromatic heterocycles. The first kappa shape index (κ1) is 62.3. The number of hydrogen-bond acceptors (Lipinski definition) is 11. The lowest BCUT2D eigenvalue weighted by atomic mass is 10.0. The molecule has 376 valence electrons. The number of quaternary nitrogens is 1. The molecular weight excluding hydrogens is 846 g/mol. The number of ether oxygens (including phenoxy) is 2. The summed E-state index contributed by atoms with van der Waals surface area (Å²) < 4.78 is 33.7. The van der Waals surface area contributed by atoms with Gasteiger partial charge in [0.2, 0.25) is 0 Å². The molecule has 3 N–H and O–H groups in total. The zero-order valence-corrected chi connectivity index (χ0v) is 42.1. The number of carbonyl (C=O) groups is 2. The molecule has 0 aliphatic heterocycles. The zero-order chi connectivity index (χ0) is 48.3. The Bertz CT molecular complexity index is 1390. The Kier molecular flexibility index (Phi) is 40.9. The summed E-state index contributed by atoms with van der Waals surface area (Å²) in [4.78, 5) is 37.7. The second-order valence-corrected chi connectivity index (χ2v) is 19.4. The van der Waals surface area contributed by atoms with Crippen molar-refractivity contribution >= 4 is 19.8 Å². The minimum absolute atomic E-state index is 0.0918. The molecule has 0 heterocycles. The molecule has 0 aromatic carbocycles. The molecule has 0 rings (SSSR count). The van der Waals surface area contributed by atoms with E-state index in [1.807, 2.05) is 40.2 Å². The summed E-state index contributed by atoms with van der Waals surface area (Å²) in [6.07, 6.45) is 43.0. The van der Waals surface area contributed by atoms with Gasteiger partial charge in [0.25, 0.3) is 7.82 Å². The predicted molar refractivity (Wildman–Crippen MR) is 263 cm³/mol. The molecule has 0 amide bonds. The van der Waals surface area contributed by atoms with Gasteiger partial charge in [0.1, 0.15) is 19.8 Å². The van der Waals surface area contributed by atoms with E-state index in [-0.39, 0.29) is 38.9 Å². The van der Waals surface area contributed by atoms with Crippen molar-refractivity contribution in [3.63, 3.8) is 0 Å². The van der Waals surface area contributed by atoms with Gasteiger partial charge in [0.15, 0.2) is 6.10 Å². The average molecular weight is 938 g/mol. The molecule has 65 heavy (non-hydrogen) atoms. The van der Waals surface area contributed by atoms with Crippen LogP contribution in [0.5, 0.6) is 0 Å². The van der Waals surface area contributed by atoms with E-state index >= 15 is 0 Å². The van der Waals surface area contributed by atoms with Crippen LogP contribution < -0.4 is 4.89 Å². The highest BCUT2D eigenvalue weighted by Gasteiger charge is 2.22. The van der Waals surface area contributed by atoms with E-state index in [0.717, 1.165) is 25.7 Å². The Labute approximate surface area is 395 Å². The molecule has 0 aliphatic carbocycles. The van der Waals surface area contributed by atoms with Gasteiger partial charge in [-0.1, -0.05) is 177 Å². The summed E-state index contributed by atoms with van der Waals surface area (Å²) in [5.74, 6) is -1.17. The first-order valence-electron chi connectivity index (χ1n) is 25.0. The average Bonchev–Trinajstić information content (AvgIpc) is 3.25. The highest BCUT2D eigenvalue weighted by atomic mass is 31.2. The molecule has 5 atom stereocenters. The van der Waals surface area contributed by atoms with Gasteiger partial charge in [0.05, 0.1) is 46.1 Å². The standard InChI is InChI=1S/C52H92NO11P/c1-6-8-10-11-12-13-14-15-16-17-18-19-20-21-22-23-24-25-26-31-35-41-51(57)61-45-48(46-63-65(59,60)62-44-43-53(3,4)5)64-52(58)42-36-40-50(56)49(55)39-34-30-28-27-29-33-38-47(54)37-32-9-7-2/h9,15-16,27-30,32-34,38-39,47-50,54-56H,6-8,10-14,17-26,31,35-37,40-46H2,1-5H3/b16-15-,29-27+,30-28-,32-9-,38-33+,39-34-/t47-,48+,49+,50+/m0/s1. The second kappa shape index (κ2) is 42.7. The lowest BCUT2D eigenvalue weighted by Crippen LogP contribution is -2.37. The second-order valence-electron chi connectivity index (χ2n) is 18.0. The minimum atomic E-state index is -4.73. The number of aliphatic hydroxyl groups excluding tert-OH is 3. The Balaban J connectivity index is 4.55. The Morgan fingerprint density at radius 1 is 0.615 bits per heavy atom. The van der Waals surface area contributed by atoms with Gasteiger partial charge in [-0.25, -0.2) is 0 Å². The van der Waals surface area contributed by atoms with E-state index < -0.39 is 50.8 Å². The highest BCUT2D eigenvalue weighted by molar-refractivity contribution is 7.45. The maximum Gasteiger partial charge on any atom is 0.306 e. The van der Waals surface area contributed by atoms with Crippen molar-refractivity contribution in [3.8, 4) is 0 Å². The van der Waals surface area contributed by atoms with Crippen LogP contribution in [0, 0.1) is 0 Å². The molecule has 0 radical (unpaired) electrons. The quantitative estimate of drug-likeness (QED) is 0.0133. The number of esters is 2. The predicted octanol–water partition coefficient (Wildman–Crippen LogP) is 10.9. The van der Waals surface area contributed by atoms with Crippen LogP contribution in [-0.4, -0.2) is 104 Å². The SMILES string of the molecule is CC/C=C\C[C@H](O)/C=C/C=C/C=C\C=C/[C@@H](O)[C@H](O)CCCC(=O)O[C@H](COC(=O)CCCCCCCCCCCCC/C=C\CCCCCCCC)COP(=O)([O-])OCC[N+](C)(C)C. The number of rotatable bonds is 44. The summed E-state index contributed by atoms with van der Waals surface area (Å²) in [6.45, 7) is 3.63. The van der Waals surface area contributed by atoms with Crippen LogP contribution in [0.4, 0.5) is 0 Å². The van der Waals surface area contributed by atoms with Crippen molar-refractivity contribution in [1.29, 1.82) is 0 Å². The first-order chi connectivity index (χ1) is 31.2. The van der Waals surface area contributed by atoms with Crippen molar-refractivity contribution in [2.45, 2.75) is 199 Å². The van der Waals surface area contributed by atoms with Gasteiger partial charge >= 0.3 is 11.9 Å². The number of carbonyl (C=O) groups excluding carboxylic acids is 2. The van der Waals surface area contributed by atoms with Crippen molar-refractivity contribution in [3.05, 3.63) is 72.9 Å². The Hall–Kier alpha value is -2.67. The maximum atomic E-state index is 12.7. The molecule has 0 fully saturated rings. The van der Waals surface area contributed by atoms with Crippen LogP contribution >= 0.6 is 7.82 Å². The number of phosphoric acid groups is 1. The lowest BCUT2D eigenvalue weighted by Gasteiger charge is -2.28. The van der Waals surface area contributed by atoms with Crippen LogP contribution in [0.15, 0.2) is 72.9 Å².